The van der Waals surface area contributed by atoms with Crippen LogP contribution in [0, 0.1) is 6.92 Å². The van der Waals surface area contributed by atoms with Crippen molar-refractivity contribution in [3.05, 3.63) is 29.3 Å². The molecule has 0 aliphatic carbocycles. The average molecular weight is 288 g/mol. The van der Waals surface area contributed by atoms with Gasteiger partial charge in [-0.05, 0) is 58.2 Å². The molecule has 2 aliphatic heterocycles. The number of aryl methyl sites for hydroxylation is 1. The van der Waals surface area contributed by atoms with Crippen molar-refractivity contribution in [3.8, 4) is 5.75 Å². The molecular formula is C18H28N2O. The third kappa shape index (κ3) is 3.41. The Kier molecular flexibility index (Phi) is 4.81. The number of rotatable bonds is 4. The minimum Gasteiger partial charge on any atom is -0.493 e. The predicted octanol–water partition coefficient (Wildman–Crippen LogP) is 3.28. The largest absolute Gasteiger partial charge is 0.493 e. The molecule has 2 aliphatic rings. The van der Waals surface area contributed by atoms with Crippen LogP contribution in [0.15, 0.2) is 18.2 Å². The van der Waals surface area contributed by atoms with E-state index in [1.807, 2.05) is 0 Å². The van der Waals surface area contributed by atoms with Gasteiger partial charge < -0.3 is 10.1 Å². The predicted molar refractivity (Wildman–Crippen MR) is 86.9 cm³/mol. The number of para-hydroxylation sites is 1. The summed E-state index contributed by atoms with van der Waals surface area (Å²) in [6.45, 7) is 8.95. The Hall–Kier alpha value is -1.06. The first-order valence-corrected chi connectivity index (χ1v) is 8.45. The van der Waals surface area contributed by atoms with Crippen molar-refractivity contribution in [2.24, 2.45) is 0 Å². The normalized spacial score (nSPS) is 24.2. The Bertz CT molecular complexity index is 468. The number of fused-ring (bicyclic) bond motifs is 1. The molecule has 1 fully saturated rings. The van der Waals surface area contributed by atoms with Crippen molar-refractivity contribution in [2.75, 3.05) is 26.2 Å². The van der Waals surface area contributed by atoms with Crippen LogP contribution in [0.5, 0.6) is 5.75 Å². The highest BCUT2D eigenvalue weighted by molar-refractivity contribution is 5.43. The lowest BCUT2D eigenvalue weighted by Crippen LogP contribution is -2.39. The standard InChI is InChI=1S/C18H28N2O/c1-14-7-5-8-16-17(9-6-12-21-18(14)16)19-13-15(2)20-10-3-4-11-20/h5,7-8,15,17,19H,3-4,6,9-13H2,1-2H3. The Morgan fingerprint density at radius 3 is 2.90 bits per heavy atom. The van der Waals surface area contributed by atoms with Gasteiger partial charge in [0, 0.05) is 24.2 Å². The second-order valence-electron chi connectivity index (χ2n) is 6.54. The van der Waals surface area contributed by atoms with Crippen molar-refractivity contribution in [3.63, 3.8) is 0 Å². The average Bonchev–Trinajstić information content (AvgIpc) is 2.94. The van der Waals surface area contributed by atoms with Gasteiger partial charge in [-0.1, -0.05) is 18.2 Å². The molecule has 3 rings (SSSR count). The first kappa shape index (κ1) is 14.9. The van der Waals surface area contributed by atoms with E-state index in [1.165, 1.54) is 43.5 Å². The van der Waals surface area contributed by atoms with Gasteiger partial charge >= 0.3 is 0 Å². The Morgan fingerprint density at radius 1 is 1.29 bits per heavy atom. The van der Waals surface area contributed by atoms with E-state index in [4.69, 9.17) is 4.74 Å². The van der Waals surface area contributed by atoms with Crippen LogP contribution in [0.1, 0.15) is 49.8 Å². The molecule has 0 radical (unpaired) electrons. The number of likely N-dealkylation sites (tertiary alicyclic amines) is 1. The summed E-state index contributed by atoms with van der Waals surface area (Å²) in [4.78, 5) is 2.61. The fourth-order valence-corrected chi connectivity index (χ4v) is 3.60. The first-order valence-electron chi connectivity index (χ1n) is 8.45. The quantitative estimate of drug-likeness (QED) is 0.920. The van der Waals surface area contributed by atoms with Gasteiger partial charge in [0.15, 0.2) is 0 Å². The molecule has 0 saturated carbocycles. The van der Waals surface area contributed by atoms with E-state index in [0.29, 0.717) is 12.1 Å². The Labute approximate surface area is 128 Å². The lowest BCUT2D eigenvalue weighted by atomic mass is 9.99. The highest BCUT2D eigenvalue weighted by atomic mass is 16.5. The van der Waals surface area contributed by atoms with Gasteiger partial charge in [-0.3, -0.25) is 4.90 Å². The molecule has 1 aromatic rings. The van der Waals surface area contributed by atoms with Gasteiger partial charge in [0.1, 0.15) is 5.75 Å². The summed E-state index contributed by atoms with van der Waals surface area (Å²) >= 11 is 0. The fraction of sp³-hybridized carbons (Fsp3) is 0.667. The maximum Gasteiger partial charge on any atom is 0.126 e. The third-order valence-corrected chi connectivity index (χ3v) is 4.92. The second kappa shape index (κ2) is 6.80. The molecule has 3 heteroatoms. The summed E-state index contributed by atoms with van der Waals surface area (Å²) in [5.74, 6) is 1.11. The molecule has 1 N–H and O–H groups in total. The van der Waals surface area contributed by atoms with E-state index in [9.17, 15) is 0 Å². The van der Waals surface area contributed by atoms with Crippen LogP contribution in [0.4, 0.5) is 0 Å². The van der Waals surface area contributed by atoms with Gasteiger partial charge in [-0.15, -0.1) is 0 Å². The molecule has 116 valence electrons. The van der Waals surface area contributed by atoms with Crippen molar-refractivity contribution in [2.45, 2.75) is 51.6 Å². The summed E-state index contributed by atoms with van der Waals surface area (Å²) in [7, 11) is 0. The Morgan fingerprint density at radius 2 is 2.10 bits per heavy atom. The van der Waals surface area contributed by atoms with Gasteiger partial charge in [-0.2, -0.15) is 0 Å². The van der Waals surface area contributed by atoms with E-state index in [0.717, 1.165) is 25.3 Å². The van der Waals surface area contributed by atoms with Gasteiger partial charge in [0.2, 0.25) is 0 Å². The van der Waals surface area contributed by atoms with Gasteiger partial charge in [0.05, 0.1) is 6.61 Å². The van der Waals surface area contributed by atoms with Gasteiger partial charge in [-0.25, -0.2) is 0 Å². The molecule has 21 heavy (non-hydrogen) atoms. The first-order chi connectivity index (χ1) is 10.3. The highest BCUT2D eigenvalue weighted by Gasteiger charge is 2.23. The topological polar surface area (TPSA) is 24.5 Å². The zero-order chi connectivity index (χ0) is 14.7. The van der Waals surface area contributed by atoms with E-state index in [2.05, 4.69) is 42.3 Å². The second-order valence-corrected chi connectivity index (χ2v) is 6.54. The summed E-state index contributed by atoms with van der Waals surface area (Å²) in [5.41, 5.74) is 2.61. The number of hydrogen-bond donors (Lipinski definition) is 1. The molecule has 0 bridgehead atoms. The maximum absolute atomic E-state index is 5.97. The molecule has 0 spiro atoms. The molecule has 0 aromatic heterocycles. The van der Waals surface area contributed by atoms with Crippen LogP contribution < -0.4 is 10.1 Å². The van der Waals surface area contributed by atoms with E-state index < -0.39 is 0 Å². The maximum atomic E-state index is 5.97. The number of benzene rings is 1. The van der Waals surface area contributed by atoms with Crippen LogP contribution in [0.2, 0.25) is 0 Å². The molecule has 3 nitrogen and oxygen atoms in total. The van der Waals surface area contributed by atoms with E-state index in [-0.39, 0.29) is 0 Å². The number of hydrogen-bond acceptors (Lipinski definition) is 3. The summed E-state index contributed by atoms with van der Waals surface area (Å²) in [6.07, 6.45) is 5.03. The minimum atomic E-state index is 0.437. The van der Waals surface area contributed by atoms with Crippen LogP contribution in [0.3, 0.4) is 0 Å². The van der Waals surface area contributed by atoms with Crippen LogP contribution in [-0.4, -0.2) is 37.2 Å². The third-order valence-electron chi connectivity index (χ3n) is 4.92. The highest BCUT2D eigenvalue weighted by Crippen LogP contribution is 2.34. The number of ether oxygens (including phenoxy) is 1. The number of nitrogens with zero attached hydrogens (tertiary/aromatic N) is 1. The van der Waals surface area contributed by atoms with Crippen LogP contribution in [0.25, 0.3) is 0 Å². The fourth-order valence-electron chi connectivity index (χ4n) is 3.60. The van der Waals surface area contributed by atoms with Crippen LogP contribution in [-0.2, 0) is 0 Å². The van der Waals surface area contributed by atoms with Crippen molar-refractivity contribution < 1.29 is 4.74 Å². The smallest absolute Gasteiger partial charge is 0.126 e. The molecule has 1 saturated heterocycles. The van der Waals surface area contributed by atoms with Crippen molar-refractivity contribution in [1.29, 1.82) is 0 Å². The van der Waals surface area contributed by atoms with E-state index in [1.54, 1.807) is 0 Å². The lowest BCUT2D eigenvalue weighted by Gasteiger charge is -2.27. The number of nitrogens with one attached hydrogen (secondary N) is 1. The molecule has 2 atom stereocenters. The molecule has 2 unspecified atom stereocenters. The summed E-state index contributed by atoms with van der Waals surface area (Å²) < 4.78 is 5.97. The Balaban J connectivity index is 1.66. The summed E-state index contributed by atoms with van der Waals surface area (Å²) in [5, 5.41) is 3.80. The minimum absolute atomic E-state index is 0.437. The zero-order valence-electron chi connectivity index (χ0n) is 13.4. The van der Waals surface area contributed by atoms with Crippen molar-refractivity contribution >= 4 is 0 Å². The molecular weight excluding hydrogens is 260 g/mol. The van der Waals surface area contributed by atoms with Gasteiger partial charge in [0.25, 0.3) is 0 Å². The SMILES string of the molecule is Cc1cccc2c1OCCCC2NCC(C)N1CCCC1. The van der Waals surface area contributed by atoms with Crippen molar-refractivity contribution in [1.82, 2.24) is 10.2 Å². The zero-order valence-corrected chi connectivity index (χ0v) is 13.4. The van der Waals surface area contributed by atoms with E-state index >= 15 is 0 Å². The molecule has 0 amide bonds. The molecule has 1 aromatic carbocycles. The molecule has 2 heterocycles. The monoisotopic (exact) mass is 288 g/mol. The van der Waals surface area contributed by atoms with Crippen LogP contribution >= 0.6 is 0 Å². The summed E-state index contributed by atoms with van der Waals surface area (Å²) in [6, 6.07) is 7.60. The lowest BCUT2D eigenvalue weighted by molar-refractivity contribution is 0.244.